The van der Waals surface area contributed by atoms with Crippen molar-refractivity contribution in [1.82, 2.24) is 9.88 Å². The van der Waals surface area contributed by atoms with Crippen LogP contribution in [0.15, 0.2) is 48.7 Å². The van der Waals surface area contributed by atoms with Gasteiger partial charge in [0.05, 0.1) is 5.52 Å². The van der Waals surface area contributed by atoms with Gasteiger partial charge < -0.3 is 15.0 Å². The number of fused-ring (bicyclic) bond motifs is 1. The van der Waals surface area contributed by atoms with Gasteiger partial charge in [0.15, 0.2) is 0 Å². The van der Waals surface area contributed by atoms with Crippen molar-refractivity contribution in [3.63, 3.8) is 0 Å². The van der Waals surface area contributed by atoms with Gasteiger partial charge in [0.25, 0.3) is 0 Å². The van der Waals surface area contributed by atoms with Crippen molar-refractivity contribution in [3.05, 3.63) is 64.8 Å². The number of rotatable bonds is 4. The van der Waals surface area contributed by atoms with E-state index in [0.29, 0.717) is 0 Å². The number of hydrogen-bond donors (Lipinski definition) is 2. The Morgan fingerprint density at radius 2 is 1.90 bits per heavy atom. The molecule has 108 valence electrons. The zero-order valence-corrected chi connectivity index (χ0v) is 12.6. The SMILES string of the molecule is CNCc1cn(Cc2ccc(O)cc2)c2cc(Cl)ccc12. The quantitative estimate of drug-likeness (QED) is 0.769. The fourth-order valence-corrected chi connectivity index (χ4v) is 2.77. The van der Waals surface area contributed by atoms with E-state index in [9.17, 15) is 5.11 Å². The van der Waals surface area contributed by atoms with Crippen molar-refractivity contribution in [1.29, 1.82) is 0 Å². The van der Waals surface area contributed by atoms with E-state index in [1.54, 1.807) is 12.1 Å². The minimum atomic E-state index is 0.287. The minimum absolute atomic E-state index is 0.287. The maximum Gasteiger partial charge on any atom is 0.115 e. The minimum Gasteiger partial charge on any atom is -0.508 e. The van der Waals surface area contributed by atoms with Gasteiger partial charge >= 0.3 is 0 Å². The van der Waals surface area contributed by atoms with Crippen molar-refractivity contribution in [2.24, 2.45) is 0 Å². The Bertz CT molecular complexity index is 762. The molecular weight excluding hydrogens is 284 g/mol. The highest BCUT2D eigenvalue weighted by molar-refractivity contribution is 6.31. The van der Waals surface area contributed by atoms with Gasteiger partial charge in [-0.1, -0.05) is 29.8 Å². The van der Waals surface area contributed by atoms with E-state index in [4.69, 9.17) is 11.6 Å². The van der Waals surface area contributed by atoms with Crippen molar-refractivity contribution in [2.45, 2.75) is 13.1 Å². The molecular formula is C17H17ClN2O. The average Bonchev–Trinajstić information content (AvgIpc) is 2.79. The first-order chi connectivity index (χ1) is 10.2. The summed E-state index contributed by atoms with van der Waals surface area (Å²) < 4.78 is 2.19. The standard InChI is InChI=1S/C17H17ClN2O/c1-19-9-13-11-20(10-12-2-5-15(21)6-3-12)17-8-14(18)4-7-16(13)17/h2-8,11,19,21H,9-10H2,1H3. The Labute approximate surface area is 128 Å². The number of nitrogens with zero attached hydrogens (tertiary/aromatic N) is 1. The van der Waals surface area contributed by atoms with Crippen LogP contribution in [0.5, 0.6) is 5.75 Å². The molecule has 0 spiro atoms. The Hall–Kier alpha value is -1.97. The second-order valence-electron chi connectivity index (χ2n) is 5.14. The molecule has 0 bridgehead atoms. The second kappa shape index (κ2) is 5.80. The molecule has 3 aromatic rings. The lowest BCUT2D eigenvalue weighted by Gasteiger charge is -2.06. The third-order valence-corrected chi connectivity index (χ3v) is 3.82. The number of phenols is 1. The molecule has 0 aliphatic rings. The molecule has 1 aromatic heterocycles. The third-order valence-electron chi connectivity index (χ3n) is 3.58. The molecule has 2 N–H and O–H groups in total. The summed E-state index contributed by atoms with van der Waals surface area (Å²) in [6, 6.07) is 13.3. The molecule has 0 atom stereocenters. The molecule has 21 heavy (non-hydrogen) atoms. The van der Waals surface area contributed by atoms with E-state index in [2.05, 4.69) is 22.1 Å². The van der Waals surface area contributed by atoms with Crippen LogP contribution < -0.4 is 5.32 Å². The highest BCUT2D eigenvalue weighted by Crippen LogP contribution is 2.26. The molecule has 1 heterocycles. The average molecular weight is 301 g/mol. The Kier molecular flexibility index (Phi) is 3.86. The molecule has 3 nitrogen and oxygen atoms in total. The van der Waals surface area contributed by atoms with E-state index >= 15 is 0 Å². The fraction of sp³-hybridized carbons (Fsp3) is 0.176. The normalized spacial score (nSPS) is 11.1. The Balaban J connectivity index is 2.04. The number of benzene rings is 2. The number of aromatic nitrogens is 1. The highest BCUT2D eigenvalue weighted by Gasteiger charge is 2.09. The third kappa shape index (κ3) is 2.89. The Morgan fingerprint density at radius 1 is 1.14 bits per heavy atom. The van der Waals surface area contributed by atoms with E-state index in [0.717, 1.165) is 29.2 Å². The smallest absolute Gasteiger partial charge is 0.115 e. The predicted molar refractivity (Wildman–Crippen MR) is 86.9 cm³/mol. The molecule has 0 unspecified atom stereocenters. The van der Waals surface area contributed by atoms with Gasteiger partial charge in [-0.3, -0.25) is 0 Å². The van der Waals surface area contributed by atoms with Crippen molar-refractivity contribution in [3.8, 4) is 5.75 Å². The molecule has 0 fully saturated rings. The summed E-state index contributed by atoms with van der Waals surface area (Å²) in [6.07, 6.45) is 2.16. The molecule has 0 aliphatic carbocycles. The van der Waals surface area contributed by atoms with Crippen molar-refractivity contribution in [2.75, 3.05) is 7.05 Å². The van der Waals surface area contributed by atoms with Gasteiger partial charge in [0.1, 0.15) is 5.75 Å². The van der Waals surface area contributed by atoms with Gasteiger partial charge in [-0.15, -0.1) is 0 Å². The maximum absolute atomic E-state index is 9.37. The van der Waals surface area contributed by atoms with Crippen LogP contribution in [-0.2, 0) is 13.1 Å². The lowest BCUT2D eigenvalue weighted by atomic mass is 10.2. The van der Waals surface area contributed by atoms with E-state index in [1.165, 1.54) is 10.9 Å². The zero-order chi connectivity index (χ0) is 14.8. The first kappa shape index (κ1) is 14.0. The van der Waals surface area contributed by atoms with E-state index < -0.39 is 0 Å². The summed E-state index contributed by atoms with van der Waals surface area (Å²) in [5.74, 6) is 0.287. The number of nitrogens with one attached hydrogen (secondary N) is 1. The Morgan fingerprint density at radius 3 is 2.62 bits per heavy atom. The van der Waals surface area contributed by atoms with Crippen LogP contribution >= 0.6 is 11.6 Å². The summed E-state index contributed by atoms with van der Waals surface area (Å²) in [4.78, 5) is 0. The lowest BCUT2D eigenvalue weighted by molar-refractivity contribution is 0.475. The molecule has 0 radical (unpaired) electrons. The van der Waals surface area contributed by atoms with Gasteiger partial charge in [-0.2, -0.15) is 0 Å². The molecule has 2 aromatic carbocycles. The van der Waals surface area contributed by atoms with Crippen molar-refractivity contribution < 1.29 is 5.11 Å². The molecule has 3 rings (SSSR count). The molecule has 4 heteroatoms. The van der Waals surface area contributed by atoms with Crippen LogP contribution in [0.25, 0.3) is 10.9 Å². The largest absolute Gasteiger partial charge is 0.508 e. The lowest BCUT2D eigenvalue weighted by Crippen LogP contribution is -2.04. The first-order valence-electron chi connectivity index (χ1n) is 6.87. The fourth-order valence-electron chi connectivity index (χ4n) is 2.60. The van der Waals surface area contributed by atoms with Crippen molar-refractivity contribution >= 4 is 22.5 Å². The van der Waals surface area contributed by atoms with Crippen LogP contribution in [0.1, 0.15) is 11.1 Å². The van der Waals surface area contributed by atoms with Gasteiger partial charge in [0.2, 0.25) is 0 Å². The van der Waals surface area contributed by atoms with Gasteiger partial charge in [-0.05, 0) is 42.4 Å². The topological polar surface area (TPSA) is 37.2 Å². The highest BCUT2D eigenvalue weighted by atomic mass is 35.5. The number of halogens is 1. The van der Waals surface area contributed by atoms with Gasteiger partial charge in [0, 0.05) is 29.7 Å². The van der Waals surface area contributed by atoms with Crippen LogP contribution in [0.4, 0.5) is 0 Å². The van der Waals surface area contributed by atoms with Crippen LogP contribution in [0, 0.1) is 0 Å². The number of hydrogen-bond acceptors (Lipinski definition) is 2. The summed E-state index contributed by atoms with van der Waals surface area (Å²) in [6.45, 7) is 1.57. The second-order valence-corrected chi connectivity index (χ2v) is 5.58. The number of phenolic OH excluding ortho intramolecular Hbond substituents is 1. The molecule has 0 amide bonds. The van der Waals surface area contributed by atoms with Crippen LogP contribution in [-0.4, -0.2) is 16.7 Å². The van der Waals surface area contributed by atoms with E-state index in [1.807, 2.05) is 31.3 Å². The summed E-state index contributed by atoms with van der Waals surface area (Å²) in [5.41, 5.74) is 3.52. The van der Waals surface area contributed by atoms with Gasteiger partial charge in [-0.25, -0.2) is 0 Å². The van der Waals surface area contributed by atoms with Crippen LogP contribution in [0.3, 0.4) is 0 Å². The molecule has 0 saturated carbocycles. The van der Waals surface area contributed by atoms with Crippen LogP contribution in [0.2, 0.25) is 5.02 Å². The molecule has 0 saturated heterocycles. The van der Waals surface area contributed by atoms with E-state index in [-0.39, 0.29) is 5.75 Å². The maximum atomic E-state index is 9.37. The first-order valence-corrected chi connectivity index (χ1v) is 7.25. The summed E-state index contributed by atoms with van der Waals surface area (Å²) >= 11 is 6.14. The zero-order valence-electron chi connectivity index (χ0n) is 11.8. The summed E-state index contributed by atoms with van der Waals surface area (Å²) in [7, 11) is 1.94. The number of aromatic hydroxyl groups is 1. The monoisotopic (exact) mass is 300 g/mol. The summed E-state index contributed by atoms with van der Waals surface area (Å²) in [5, 5.41) is 14.5. The predicted octanol–water partition coefficient (Wildman–Crippen LogP) is 3.77. The molecule has 0 aliphatic heterocycles.